The largest absolute Gasteiger partial charge is 0.466 e. The molecule has 0 aromatic rings. The number of hydrogen-bond donors (Lipinski definition) is 2. The molecule has 4 aliphatic carbocycles. The fourth-order valence-corrected chi connectivity index (χ4v) is 13.1. The van der Waals surface area contributed by atoms with Crippen LogP contribution < -0.4 is 5.32 Å². The molecule has 0 aliphatic heterocycles. The molecule has 348 valence electrons. The van der Waals surface area contributed by atoms with Gasteiger partial charge >= 0.3 is 11.9 Å². The van der Waals surface area contributed by atoms with Gasteiger partial charge in [0.1, 0.15) is 6.10 Å². The van der Waals surface area contributed by atoms with Crippen LogP contribution in [0.5, 0.6) is 0 Å². The Balaban J connectivity index is 1.11. The highest BCUT2D eigenvalue weighted by Gasteiger charge is 2.63. The number of rotatable bonds is 30. The van der Waals surface area contributed by atoms with Crippen LogP contribution in [0.15, 0.2) is 0 Å². The van der Waals surface area contributed by atoms with Gasteiger partial charge in [0, 0.05) is 32.4 Å². The van der Waals surface area contributed by atoms with Crippen LogP contribution in [-0.2, 0) is 23.9 Å². The van der Waals surface area contributed by atoms with Crippen molar-refractivity contribution in [3.05, 3.63) is 0 Å². The van der Waals surface area contributed by atoms with Gasteiger partial charge < -0.3 is 24.8 Å². The van der Waals surface area contributed by atoms with E-state index in [4.69, 9.17) is 9.47 Å². The number of aliphatic hydroxyl groups excluding tert-OH is 1. The molecule has 0 bridgehead atoms. The summed E-state index contributed by atoms with van der Waals surface area (Å²) in [6.45, 7) is 14.8. The lowest BCUT2D eigenvalue weighted by atomic mass is 9.43. The lowest BCUT2D eigenvalue weighted by Crippen LogP contribution is -2.58. The zero-order chi connectivity index (χ0) is 43.4. The van der Waals surface area contributed by atoms with E-state index in [-0.39, 0.29) is 40.9 Å². The molecule has 8 heteroatoms. The van der Waals surface area contributed by atoms with Crippen LogP contribution in [0.1, 0.15) is 221 Å². The maximum Gasteiger partial charge on any atom is 0.306 e. The van der Waals surface area contributed by atoms with Crippen molar-refractivity contribution in [2.75, 3.05) is 33.3 Å². The van der Waals surface area contributed by atoms with Crippen LogP contribution in [0.3, 0.4) is 0 Å². The van der Waals surface area contributed by atoms with E-state index in [1.807, 2.05) is 0 Å². The number of esters is 2. The van der Waals surface area contributed by atoms with Crippen molar-refractivity contribution in [1.29, 1.82) is 0 Å². The summed E-state index contributed by atoms with van der Waals surface area (Å²) in [7, 11) is 2.06. The Bertz CT molecular complexity index is 1240. The van der Waals surface area contributed by atoms with Crippen molar-refractivity contribution in [3.8, 4) is 0 Å². The summed E-state index contributed by atoms with van der Waals surface area (Å²) in [6, 6.07) is 0. The van der Waals surface area contributed by atoms with Gasteiger partial charge in [0.05, 0.1) is 12.7 Å². The van der Waals surface area contributed by atoms with E-state index in [2.05, 4.69) is 51.9 Å². The van der Waals surface area contributed by atoms with Gasteiger partial charge in [-0.3, -0.25) is 14.4 Å². The smallest absolute Gasteiger partial charge is 0.306 e. The van der Waals surface area contributed by atoms with E-state index >= 15 is 0 Å². The number of fused-ring (bicyclic) bond motifs is 5. The second-order valence-electron chi connectivity index (χ2n) is 21.1. The Morgan fingerprint density at radius 2 is 1.30 bits per heavy atom. The number of carbonyl (C=O) groups is 3. The third-order valence-electron chi connectivity index (χ3n) is 16.7. The van der Waals surface area contributed by atoms with Crippen LogP contribution in [0.25, 0.3) is 0 Å². The molecule has 0 heterocycles. The van der Waals surface area contributed by atoms with Gasteiger partial charge in [0.15, 0.2) is 0 Å². The SMILES string of the molecule is CCCCCCCCCCCCCCNC(=O)CC[C@@H](C)[C@H]1CC[C@H]2[C@@H]3[C@@H](O)C[C@@H]4C[C@H](OC(=O)CCCN(C)CCCOC(=O)CCCCC)CC[C@]4(C)[C@H]3CC[C@]12C. The molecule has 0 saturated heterocycles. The van der Waals surface area contributed by atoms with Crippen molar-refractivity contribution in [2.24, 2.45) is 46.3 Å². The Morgan fingerprint density at radius 1 is 0.700 bits per heavy atom. The predicted molar refractivity (Wildman–Crippen MR) is 245 cm³/mol. The molecule has 60 heavy (non-hydrogen) atoms. The number of nitrogens with one attached hydrogen (secondary N) is 1. The third kappa shape index (κ3) is 15.5. The van der Waals surface area contributed by atoms with Crippen LogP contribution in [0.4, 0.5) is 0 Å². The quantitative estimate of drug-likeness (QED) is 0.0548. The number of aliphatic hydroxyl groups is 1. The summed E-state index contributed by atoms with van der Waals surface area (Å²) >= 11 is 0. The zero-order valence-electron chi connectivity index (χ0n) is 39.9. The van der Waals surface area contributed by atoms with E-state index in [1.165, 1.54) is 96.3 Å². The maximum absolute atomic E-state index is 13.0. The molecule has 4 rings (SSSR count). The van der Waals surface area contributed by atoms with E-state index in [0.717, 1.165) is 90.3 Å². The number of carbonyl (C=O) groups excluding carboxylic acids is 3. The molecule has 4 fully saturated rings. The minimum Gasteiger partial charge on any atom is -0.466 e. The highest BCUT2D eigenvalue weighted by atomic mass is 16.5. The lowest BCUT2D eigenvalue weighted by molar-refractivity contribution is -0.183. The van der Waals surface area contributed by atoms with Crippen molar-refractivity contribution in [1.82, 2.24) is 10.2 Å². The molecule has 2 N–H and O–H groups in total. The maximum atomic E-state index is 13.0. The molecular weight excluding hydrogens is 749 g/mol. The lowest BCUT2D eigenvalue weighted by Gasteiger charge is -2.62. The summed E-state index contributed by atoms with van der Waals surface area (Å²) in [4.78, 5) is 39.9. The first-order valence-electron chi connectivity index (χ1n) is 25.9. The fourth-order valence-electron chi connectivity index (χ4n) is 13.1. The number of amides is 1. The van der Waals surface area contributed by atoms with Crippen molar-refractivity contribution >= 4 is 17.8 Å². The van der Waals surface area contributed by atoms with Gasteiger partial charge in [-0.15, -0.1) is 0 Å². The Labute approximate surface area is 368 Å². The molecule has 1 amide bonds. The Hall–Kier alpha value is -1.67. The molecule has 0 unspecified atom stereocenters. The van der Waals surface area contributed by atoms with E-state index in [9.17, 15) is 19.5 Å². The average Bonchev–Trinajstić information content (AvgIpc) is 3.58. The summed E-state index contributed by atoms with van der Waals surface area (Å²) in [5, 5.41) is 15.2. The predicted octanol–water partition coefficient (Wildman–Crippen LogP) is 12.0. The molecule has 0 radical (unpaired) electrons. The summed E-state index contributed by atoms with van der Waals surface area (Å²) in [5.74, 6) is 2.99. The van der Waals surface area contributed by atoms with Crippen molar-refractivity contribution in [3.63, 3.8) is 0 Å². The molecule has 0 spiro atoms. The molecular formula is C52H94N2O6. The van der Waals surface area contributed by atoms with Crippen LogP contribution >= 0.6 is 0 Å². The third-order valence-corrected chi connectivity index (χ3v) is 16.7. The van der Waals surface area contributed by atoms with Gasteiger partial charge in [-0.05, 0) is 143 Å². The molecule has 0 aromatic heterocycles. The van der Waals surface area contributed by atoms with E-state index in [0.29, 0.717) is 61.4 Å². The number of ether oxygens (including phenoxy) is 2. The number of unbranched alkanes of at least 4 members (excludes halogenated alkanes) is 13. The minimum absolute atomic E-state index is 0.0450. The standard InChI is InChI=1S/C52H94N2O6/c1-7-9-11-12-13-14-15-16-17-18-19-21-34-53-47(56)29-26-40(3)43-27-28-44-50-45(31-33-52(43,44)5)51(4)32-30-42(38-41(51)39-46(50)55)60-49(58)25-22-35-54(6)36-23-37-59-48(57)24-20-10-8-2/h40-46,50,55H,7-39H2,1-6H3,(H,53,56)/t40-,41+,42-,43-,44+,45+,46+,50+,51+,52-/m1/s1. The van der Waals surface area contributed by atoms with Gasteiger partial charge in [-0.1, -0.05) is 118 Å². The fraction of sp³-hybridized carbons (Fsp3) is 0.942. The van der Waals surface area contributed by atoms with Gasteiger partial charge in [0.2, 0.25) is 5.91 Å². The first-order chi connectivity index (χ1) is 28.9. The second-order valence-corrected chi connectivity index (χ2v) is 21.1. The average molecular weight is 843 g/mol. The summed E-state index contributed by atoms with van der Waals surface area (Å²) in [5.41, 5.74) is 0.424. The zero-order valence-corrected chi connectivity index (χ0v) is 39.9. The highest BCUT2D eigenvalue weighted by Crippen LogP contribution is 2.68. The highest BCUT2D eigenvalue weighted by molar-refractivity contribution is 5.75. The van der Waals surface area contributed by atoms with Gasteiger partial charge in [-0.25, -0.2) is 0 Å². The van der Waals surface area contributed by atoms with Crippen molar-refractivity contribution in [2.45, 2.75) is 233 Å². The number of hydrogen-bond acceptors (Lipinski definition) is 7. The van der Waals surface area contributed by atoms with Crippen LogP contribution in [-0.4, -0.2) is 73.3 Å². The molecule has 0 aromatic carbocycles. The normalized spacial score (nSPS) is 30.3. The molecule has 10 atom stereocenters. The van der Waals surface area contributed by atoms with Crippen LogP contribution in [0, 0.1) is 46.3 Å². The summed E-state index contributed by atoms with van der Waals surface area (Å²) in [6.07, 6.45) is 31.4. The van der Waals surface area contributed by atoms with Gasteiger partial charge in [0.25, 0.3) is 0 Å². The molecule has 8 nitrogen and oxygen atoms in total. The number of nitrogens with zero attached hydrogens (tertiary/aromatic N) is 1. The summed E-state index contributed by atoms with van der Waals surface area (Å²) < 4.78 is 11.5. The monoisotopic (exact) mass is 843 g/mol. The second kappa shape index (κ2) is 26.8. The Morgan fingerprint density at radius 3 is 2.00 bits per heavy atom. The molecule has 4 aliphatic rings. The molecule has 4 saturated carbocycles. The van der Waals surface area contributed by atoms with E-state index in [1.54, 1.807) is 0 Å². The van der Waals surface area contributed by atoms with Crippen LogP contribution in [0.2, 0.25) is 0 Å². The van der Waals surface area contributed by atoms with Gasteiger partial charge in [-0.2, -0.15) is 0 Å². The first kappa shape index (κ1) is 51.0. The topological polar surface area (TPSA) is 105 Å². The Kier molecular flexibility index (Phi) is 22.8. The van der Waals surface area contributed by atoms with E-state index < -0.39 is 0 Å². The first-order valence-corrected chi connectivity index (χ1v) is 25.9. The minimum atomic E-state index is -0.285. The van der Waals surface area contributed by atoms with Crippen molar-refractivity contribution < 1.29 is 29.0 Å².